The van der Waals surface area contributed by atoms with Gasteiger partial charge in [-0.15, -0.1) is 0 Å². The molecule has 1 saturated carbocycles. The van der Waals surface area contributed by atoms with Crippen molar-refractivity contribution in [3.63, 3.8) is 0 Å². The molecule has 0 saturated heterocycles. The number of carbonyl (C=O) groups excluding carboxylic acids is 2. The lowest BCUT2D eigenvalue weighted by Gasteiger charge is -2.07. The van der Waals surface area contributed by atoms with Crippen LogP contribution in [0.1, 0.15) is 56.1 Å². The van der Waals surface area contributed by atoms with E-state index in [1.165, 1.54) is 16.2 Å². The topological polar surface area (TPSA) is 88.1 Å². The van der Waals surface area contributed by atoms with Crippen LogP contribution in [0, 0.1) is 13.8 Å². The number of nitrogens with zero attached hydrogens (tertiary/aromatic N) is 4. The van der Waals surface area contributed by atoms with Gasteiger partial charge in [0.15, 0.2) is 5.13 Å². The molecule has 8 heteroatoms. The standard InChI is InChI=1S/C16H19N5O2S/c1-8-7-11(19-13(17-8)10-5-6-10)14(22)20-16-18-9(2)12(24-16)15(23)21(3)4/h7,10H,5-6H2,1-4H3,(H,18,20,22). The Labute approximate surface area is 144 Å². The maximum atomic E-state index is 12.5. The van der Waals surface area contributed by atoms with Crippen LogP contribution in [-0.4, -0.2) is 45.8 Å². The van der Waals surface area contributed by atoms with Gasteiger partial charge in [-0.1, -0.05) is 11.3 Å². The summed E-state index contributed by atoms with van der Waals surface area (Å²) in [5.41, 5.74) is 1.71. The summed E-state index contributed by atoms with van der Waals surface area (Å²) in [5, 5.41) is 3.13. The highest BCUT2D eigenvalue weighted by Gasteiger charge is 2.28. The molecule has 1 aliphatic carbocycles. The molecule has 0 spiro atoms. The van der Waals surface area contributed by atoms with Crippen LogP contribution in [0.15, 0.2) is 6.07 Å². The van der Waals surface area contributed by atoms with Crippen molar-refractivity contribution < 1.29 is 9.59 Å². The first-order valence-electron chi connectivity index (χ1n) is 7.71. The first-order chi connectivity index (χ1) is 11.3. The molecule has 1 aliphatic rings. The Balaban J connectivity index is 1.80. The lowest BCUT2D eigenvalue weighted by atomic mass is 10.3. The van der Waals surface area contributed by atoms with Crippen molar-refractivity contribution in [2.75, 3.05) is 19.4 Å². The Hall–Kier alpha value is -2.35. The van der Waals surface area contributed by atoms with Gasteiger partial charge >= 0.3 is 0 Å². The second kappa shape index (κ2) is 6.27. The highest BCUT2D eigenvalue weighted by Crippen LogP contribution is 2.38. The number of nitrogens with one attached hydrogen (secondary N) is 1. The lowest BCUT2D eigenvalue weighted by molar-refractivity contribution is 0.0831. The molecule has 0 unspecified atom stereocenters. The molecule has 7 nitrogen and oxygen atoms in total. The van der Waals surface area contributed by atoms with E-state index in [1.807, 2.05) is 6.92 Å². The normalized spacial score (nSPS) is 13.7. The Kier molecular flexibility index (Phi) is 4.31. The Morgan fingerprint density at radius 3 is 2.54 bits per heavy atom. The first-order valence-corrected chi connectivity index (χ1v) is 8.53. The Morgan fingerprint density at radius 2 is 1.92 bits per heavy atom. The predicted octanol–water partition coefficient (Wildman–Crippen LogP) is 2.38. The fraction of sp³-hybridized carbons (Fsp3) is 0.438. The minimum absolute atomic E-state index is 0.126. The van der Waals surface area contributed by atoms with Crippen molar-refractivity contribution in [1.29, 1.82) is 0 Å². The van der Waals surface area contributed by atoms with E-state index in [2.05, 4.69) is 20.3 Å². The highest BCUT2D eigenvalue weighted by molar-refractivity contribution is 7.17. The second-order valence-corrected chi connectivity index (χ2v) is 7.11. The third-order valence-corrected chi connectivity index (χ3v) is 4.72. The number of aryl methyl sites for hydroxylation is 2. The molecule has 3 rings (SSSR count). The number of aromatic nitrogens is 3. The molecule has 1 fully saturated rings. The minimum atomic E-state index is -0.333. The summed E-state index contributed by atoms with van der Waals surface area (Å²) in [5.74, 6) is 0.654. The van der Waals surface area contributed by atoms with Crippen molar-refractivity contribution in [2.24, 2.45) is 0 Å². The fourth-order valence-electron chi connectivity index (χ4n) is 2.24. The third-order valence-electron chi connectivity index (χ3n) is 3.66. The number of thiazole rings is 1. The maximum Gasteiger partial charge on any atom is 0.276 e. The molecular formula is C16H19N5O2S. The van der Waals surface area contributed by atoms with Gasteiger partial charge in [-0.05, 0) is 32.8 Å². The van der Waals surface area contributed by atoms with E-state index < -0.39 is 0 Å². The molecule has 0 aromatic carbocycles. The van der Waals surface area contributed by atoms with E-state index in [0.29, 0.717) is 27.3 Å². The smallest absolute Gasteiger partial charge is 0.276 e. The van der Waals surface area contributed by atoms with Gasteiger partial charge in [0.25, 0.3) is 11.8 Å². The molecule has 24 heavy (non-hydrogen) atoms. The van der Waals surface area contributed by atoms with Gasteiger partial charge in [0.1, 0.15) is 16.4 Å². The fourth-order valence-corrected chi connectivity index (χ4v) is 3.23. The largest absolute Gasteiger partial charge is 0.344 e. The van der Waals surface area contributed by atoms with E-state index in [1.54, 1.807) is 27.1 Å². The molecule has 2 aromatic heterocycles. The number of carbonyl (C=O) groups is 2. The molecule has 0 bridgehead atoms. The maximum absolute atomic E-state index is 12.5. The predicted molar refractivity (Wildman–Crippen MR) is 91.6 cm³/mol. The zero-order chi connectivity index (χ0) is 17.4. The molecule has 126 valence electrons. The molecule has 2 amide bonds. The summed E-state index contributed by atoms with van der Waals surface area (Å²) in [4.78, 5) is 39.6. The average molecular weight is 345 g/mol. The summed E-state index contributed by atoms with van der Waals surface area (Å²) in [7, 11) is 3.37. The Morgan fingerprint density at radius 1 is 1.21 bits per heavy atom. The van der Waals surface area contributed by atoms with Crippen molar-refractivity contribution in [3.05, 3.63) is 33.8 Å². The van der Waals surface area contributed by atoms with E-state index in [4.69, 9.17) is 0 Å². The SMILES string of the molecule is Cc1cc(C(=O)Nc2nc(C)c(C(=O)N(C)C)s2)nc(C2CC2)n1. The van der Waals surface area contributed by atoms with Gasteiger partial charge in [-0.25, -0.2) is 15.0 Å². The second-order valence-electron chi connectivity index (χ2n) is 6.11. The lowest BCUT2D eigenvalue weighted by Crippen LogP contribution is -2.21. The van der Waals surface area contributed by atoms with Crippen LogP contribution in [0.3, 0.4) is 0 Å². The van der Waals surface area contributed by atoms with E-state index >= 15 is 0 Å². The summed E-state index contributed by atoms with van der Waals surface area (Å²) in [6.45, 7) is 3.61. The van der Waals surface area contributed by atoms with Crippen LogP contribution in [0.2, 0.25) is 0 Å². The summed E-state index contributed by atoms with van der Waals surface area (Å²) in [6.07, 6.45) is 2.15. The van der Waals surface area contributed by atoms with Gasteiger partial charge in [0.2, 0.25) is 0 Å². The van der Waals surface area contributed by atoms with Crippen molar-refractivity contribution in [2.45, 2.75) is 32.6 Å². The molecule has 2 heterocycles. The monoisotopic (exact) mass is 345 g/mol. The summed E-state index contributed by atoms with van der Waals surface area (Å²) >= 11 is 1.17. The highest BCUT2D eigenvalue weighted by atomic mass is 32.1. The van der Waals surface area contributed by atoms with Crippen LogP contribution < -0.4 is 5.32 Å². The Bertz CT molecular complexity index is 811. The minimum Gasteiger partial charge on any atom is -0.344 e. The van der Waals surface area contributed by atoms with Gasteiger partial charge in [0, 0.05) is 25.7 Å². The number of hydrogen-bond donors (Lipinski definition) is 1. The van der Waals surface area contributed by atoms with Crippen molar-refractivity contribution in [3.8, 4) is 0 Å². The van der Waals surface area contributed by atoms with Crippen molar-refractivity contribution >= 4 is 28.3 Å². The third kappa shape index (κ3) is 3.43. The van der Waals surface area contributed by atoms with Crippen LogP contribution >= 0.6 is 11.3 Å². The molecule has 2 aromatic rings. The first kappa shape index (κ1) is 16.5. The zero-order valence-electron chi connectivity index (χ0n) is 14.1. The number of hydrogen-bond acceptors (Lipinski definition) is 6. The van der Waals surface area contributed by atoms with Crippen LogP contribution in [0.25, 0.3) is 0 Å². The number of rotatable bonds is 4. The molecular weight excluding hydrogens is 326 g/mol. The summed E-state index contributed by atoms with van der Waals surface area (Å²) in [6, 6.07) is 1.66. The van der Waals surface area contributed by atoms with E-state index in [0.717, 1.165) is 24.4 Å². The molecule has 1 N–H and O–H groups in total. The van der Waals surface area contributed by atoms with Crippen LogP contribution in [0.4, 0.5) is 5.13 Å². The molecule has 0 atom stereocenters. The van der Waals surface area contributed by atoms with Gasteiger partial charge in [-0.2, -0.15) is 0 Å². The quantitative estimate of drug-likeness (QED) is 0.919. The van der Waals surface area contributed by atoms with E-state index in [9.17, 15) is 9.59 Å². The summed E-state index contributed by atoms with van der Waals surface area (Å²) < 4.78 is 0. The van der Waals surface area contributed by atoms with Crippen LogP contribution in [0.5, 0.6) is 0 Å². The van der Waals surface area contributed by atoms with Gasteiger partial charge in [0.05, 0.1) is 5.69 Å². The molecule has 0 radical (unpaired) electrons. The molecule has 0 aliphatic heterocycles. The van der Waals surface area contributed by atoms with Crippen molar-refractivity contribution in [1.82, 2.24) is 19.9 Å². The van der Waals surface area contributed by atoms with Gasteiger partial charge in [-0.3, -0.25) is 14.9 Å². The van der Waals surface area contributed by atoms with Crippen LogP contribution in [-0.2, 0) is 0 Å². The van der Waals surface area contributed by atoms with Gasteiger partial charge < -0.3 is 4.90 Å². The average Bonchev–Trinajstić information content (AvgIpc) is 3.30. The van der Waals surface area contributed by atoms with E-state index in [-0.39, 0.29) is 11.8 Å². The zero-order valence-corrected chi connectivity index (χ0v) is 14.9. The number of amides is 2. The number of anilines is 1.